The van der Waals surface area contributed by atoms with Crippen molar-refractivity contribution in [2.75, 3.05) is 13.2 Å². The Morgan fingerprint density at radius 1 is 0.739 bits per heavy atom. The average molecular weight is 326 g/mol. The molecule has 0 radical (unpaired) electrons. The Labute approximate surface area is 141 Å². The fraction of sp³-hybridized carbons (Fsp3) is 0.789. The summed E-state index contributed by atoms with van der Waals surface area (Å²) >= 11 is 0. The molecule has 0 spiro atoms. The van der Waals surface area contributed by atoms with Gasteiger partial charge in [-0.1, -0.05) is 57.6 Å². The Morgan fingerprint density at radius 3 is 2.00 bits per heavy atom. The first-order chi connectivity index (χ1) is 11.2. The van der Waals surface area contributed by atoms with E-state index in [-0.39, 0.29) is 24.8 Å². The summed E-state index contributed by atoms with van der Waals surface area (Å²) in [5, 5.41) is 0. The lowest BCUT2D eigenvalue weighted by Gasteiger charge is -2.02. The molecule has 0 unspecified atom stereocenters. The van der Waals surface area contributed by atoms with E-state index in [1.54, 1.807) is 6.92 Å². The van der Waals surface area contributed by atoms with Crippen LogP contribution in [0.1, 0.15) is 84.5 Å². The van der Waals surface area contributed by atoms with Gasteiger partial charge in [0, 0.05) is 12.8 Å². The third-order valence-corrected chi connectivity index (χ3v) is 3.55. The third-order valence-electron chi connectivity index (χ3n) is 3.55. The quantitative estimate of drug-likeness (QED) is 0.242. The highest BCUT2D eigenvalue weighted by Gasteiger charge is 2.05. The summed E-state index contributed by atoms with van der Waals surface area (Å²) in [4.78, 5) is 22.5. The predicted molar refractivity (Wildman–Crippen MR) is 93.2 cm³/mol. The number of carbonyl (C=O) groups is 2. The van der Waals surface area contributed by atoms with Crippen molar-refractivity contribution >= 4 is 11.9 Å². The molecule has 0 N–H and O–H groups in total. The van der Waals surface area contributed by atoms with Crippen LogP contribution in [-0.4, -0.2) is 25.2 Å². The van der Waals surface area contributed by atoms with Gasteiger partial charge in [-0.05, 0) is 26.2 Å². The SMILES string of the molecule is CCCCCCCCC/C=C/COC(=O)CCCC(=O)OCC. The van der Waals surface area contributed by atoms with Crippen molar-refractivity contribution in [1.29, 1.82) is 0 Å². The lowest BCUT2D eigenvalue weighted by Crippen LogP contribution is -2.07. The fourth-order valence-electron chi connectivity index (χ4n) is 2.23. The van der Waals surface area contributed by atoms with E-state index < -0.39 is 0 Å². The molecule has 0 aromatic carbocycles. The number of ether oxygens (including phenoxy) is 2. The summed E-state index contributed by atoms with van der Waals surface area (Å²) in [7, 11) is 0. The maximum Gasteiger partial charge on any atom is 0.306 e. The molecular formula is C19H34O4. The second-order valence-corrected chi connectivity index (χ2v) is 5.72. The van der Waals surface area contributed by atoms with Gasteiger partial charge >= 0.3 is 11.9 Å². The molecule has 4 nitrogen and oxygen atoms in total. The summed E-state index contributed by atoms with van der Waals surface area (Å²) in [6, 6.07) is 0. The van der Waals surface area contributed by atoms with Crippen LogP contribution >= 0.6 is 0 Å². The van der Waals surface area contributed by atoms with Gasteiger partial charge in [0.25, 0.3) is 0 Å². The first kappa shape index (κ1) is 21.7. The summed E-state index contributed by atoms with van der Waals surface area (Å²) in [5.41, 5.74) is 0. The summed E-state index contributed by atoms with van der Waals surface area (Å²) in [6.45, 7) is 4.71. The average Bonchev–Trinajstić information content (AvgIpc) is 2.53. The van der Waals surface area contributed by atoms with Crippen LogP contribution < -0.4 is 0 Å². The van der Waals surface area contributed by atoms with E-state index in [1.165, 1.54) is 44.9 Å². The summed E-state index contributed by atoms with van der Waals surface area (Å²) in [6.07, 6.45) is 15.2. The van der Waals surface area contributed by atoms with Gasteiger partial charge in [0.15, 0.2) is 0 Å². The van der Waals surface area contributed by atoms with Crippen LogP contribution in [0.25, 0.3) is 0 Å². The Bertz CT molecular complexity index is 323. The number of esters is 2. The number of rotatable bonds is 15. The van der Waals surface area contributed by atoms with Crippen molar-refractivity contribution in [1.82, 2.24) is 0 Å². The molecule has 0 aromatic heterocycles. The standard InChI is InChI=1S/C19H34O4/c1-3-5-6-7-8-9-10-11-12-13-17-23-19(21)16-14-15-18(20)22-4-2/h12-13H,3-11,14-17H2,1-2H3/b13-12+. The Balaban J connectivity index is 3.35. The maximum absolute atomic E-state index is 11.4. The number of hydrogen-bond donors (Lipinski definition) is 0. The zero-order chi connectivity index (χ0) is 17.2. The van der Waals surface area contributed by atoms with E-state index in [2.05, 4.69) is 13.0 Å². The molecule has 0 aliphatic heterocycles. The highest BCUT2D eigenvalue weighted by molar-refractivity contribution is 5.72. The predicted octanol–water partition coefficient (Wildman–Crippen LogP) is 4.96. The number of unbranched alkanes of at least 4 members (excludes halogenated alkanes) is 7. The summed E-state index contributed by atoms with van der Waals surface area (Å²) in [5.74, 6) is -0.509. The molecule has 0 amide bonds. The smallest absolute Gasteiger partial charge is 0.306 e. The van der Waals surface area contributed by atoms with Gasteiger partial charge < -0.3 is 9.47 Å². The van der Waals surface area contributed by atoms with Crippen molar-refractivity contribution in [3.63, 3.8) is 0 Å². The Morgan fingerprint density at radius 2 is 1.35 bits per heavy atom. The topological polar surface area (TPSA) is 52.6 Å². The van der Waals surface area contributed by atoms with Crippen molar-refractivity contribution in [2.24, 2.45) is 0 Å². The van der Waals surface area contributed by atoms with Gasteiger partial charge in [0.2, 0.25) is 0 Å². The molecule has 0 aliphatic rings. The minimum atomic E-state index is -0.255. The normalized spacial score (nSPS) is 10.9. The Hall–Kier alpha value is -1.32. The van der Waals surface area contributed by atoms with Crippen LogP contribution in [0.2, 0.25) is 0 Å². The van der Waals surface area contributed by atoms with E-state index in [9.17, 15) is 9.59 Å². The highest BCUT2D eigenvalue weighted by atomic mass is 16.5. The van der Waals surface area contributed by atoms with Crippen molar-refractivity contribution in [3.8, 4) is 0 Å². The largest absolute Gasteiger partial charge is 0.466 e. The second kappa shape index (κ2) is 17.0. The molecule has 134 valence electrons. The molecule has 0 saturated heterocycles. The molecular weight excluding hydrogens is 292 g/mol. The van der Waals surface area contributed by atoms with Crippen molar-refractivity contribution < 1.29 is 19.1 Å². The van der Waals surface area contributed by atoms with Crippen LogP contribution in [0.4, 0.5) is 0 Å². The molecule has 0 rings (SSSR count). The zero-order valence-corrected chi connectivity index (χ0v) is 15.0. The highest BCUT2D eigenvalue weighted by Crippen LogP contribution is 2.08. The summed E-state index contributed by atoms with van der Waals surface area (Å²) < 4.78 is 9.87. The van der Waals surface area contributed by atoms with E-state index in [1.807, 2.05) is 6.08 Å². The monoisotopic (exact) mass is 326 g/mol. The van der Waals surface area contributed by atoms with Crippen LogP contribution in [0.3, 0.4) is 0 Å². The molecule has 23 heavy (non-hydrogen) atoms. The van der Waals surface area contributed by atoms with Gasteiger partial charge in [0.1, 0.15) is 6.61 Å². The molecule has 0 bridgehead atoms. The first-order valence-corrected chi connectivity index (χ1v) is 9.16. The van der Waals surface area contributed by atoms with Crippen LogP contribution in [0.5, 0.6) is 0 Å². The van der Waals surface area contributed by atoms with E-state index in [4.69, 9.17) is 9.47 Å². The molecule has 0 atom stereocenters. The van der Waals surface area contributed by atoms with E-state index >= 15 is 0 Å². The van der Waals surface area contributed by atoms with Gasteiger partial charge in [-0.2, -0.15) is 0 Å². The van der Waals surface area contributed by atoms with Gasteiger partial charge in [-0.15, -0.1) is 0 Å². The molecule has 0 saturated carbocycles. The van der Waals surface area contributed by atoms with Gasteiger partial charge in [-0.3, -0.25) is 9.59 Å². The van der Waals surface area contributed by atoms with Crippen LogP contribution in [0, 0.1) is 0 Å². The van der Waals surface area contributed by atoms with Crippen LogP contribution in [-0.2, 0) is 19.1 Å². The van der Waals surface area contributed by atoms with Gasteiger partial charge in [0.05, 0.1) is 6.61 Å². The number of carbonyl (C=O) groups excluding carboxylic acids is 2. The number of hydrogen-bond acceptors (Lipinski definition) is 4. The minimum absolute atomic E-state index is 0.255. The lowest BCUT2D eigenvalue weighted by molar-refractivity contribution is -0.144. The Kier molecular flexibility index (Phi) is 16.1. The third kappa shape index (κ3) is 16.9. The van der Waals surface area contributed by atoms with E-state index in [0.717, 1.165) is 6.42 Å². The maximum atomic E-state index is 11.4. The zero-order valence-electron chi connectivity index (χ0n) is 15.0. The van der Waals surface area contributed by atoms with Crippen LogP contribution in [0.15, 0.2) is 12.2 Å². The molecule has 0 fully saturated rings. The molecule has 4 heteroatoms. The van der Waals surface area contributed by atoms with Gasteiger partial charge in [-0.25, -0.2) is 0 Å². The van der Waals surface area contributed by atoms with Crippen molar-refractivity contribution in [2.45, 2.75) is 84.5 Å². The number of allylic oxidation sites excluding steroid dienone is 1. The minimum Gasteiger partial charge on any atom is -0.466 e. The van der Waals surface area contributed by atoms with E-state index in [0.29, 0.717) is 19.6 Å². The second-order valence-electron chi connectivity index (χ2n) is 5.72. The molecule has 0 heterocycles. The van der Waals surface area contributed by atoms with Crippen molar-refractivity contribution in [3.05, 3.63) is 12.2 Å². The molecule has 0 aliphatic carbocycles. The lowest BCUT2D eigenvalue weighted by atomic mass is 10.1. The first-order valence-electron chi connectivity index (χ1n) is 9.16. The fourth-order valence-corrected chi connectivity index (χ4v) is 2.23. The molecule has 0 aromatic rings.